The summed E-state index contributed by atoms with van der Waals surface area (Å²) in [6, 6.07) is 10.0. The predicted octanol–water partition coefficient (Wildman–Crippen LogP) is 2.91. The SMILES string of the molecule is NC(=O)c1[nH]c2c(c1Sc1ccccc1)SCC2. The molecule has 1 aromatic heterocycles. The number of carbonyl (C=O) groups excluding carboxylic acids is 1. The topological polar surface area (TPSA) is 58.9 Å². The largest absolute Gasteiger partial charge is 0.364 e. The minimum absolute atomic E-state index is 0.386. The molecule has 0 bridgehead atoms. The average Bonchev–Trinajstić information content (AvgIpc) is 2.93. The minimum atomic E-state index is -0.386. The van der Waals surface area contributed by atoms with E-state index in [4.69, 9.17) is 5.73 Å². The fraction of sp³-hybridized carbons (Fsp3) is 0.154. The second kappa shape index (κ2) is 4.74. The number of amides is 1. The molecule has 0 aliphatic carbocycles. The molecule has 1 amide bonds. The number of fused-ring (bicyclic) bond motifs is 1. The van der Waals surface area contributed by atoms with E-state index in [0.29, 0.717) is 5.69 Å². The van der Waals surface area contributed by atoms with Crippen LogP contribution in [0.25, 0.3) is 0 Å². The summed E-state index contributed by atoms with van der Waals surface area (Å²) >= 11 is 3.39. The first kappa shape index (κ1) is 11.7. The van der Waals surface area contributed by atoms with E-state index >= 15 is 0 Å². The van der Waals surface area contributed by atoms with Gasteiger partial charge >= 0.3 is 0 Å². The van der Waals surface area contributed by atoms with E-state index in [-0.39, 0.29) is 5.91 Å². The summed E-state index contributed by atoms with van der Waals surface area (Å²) in [4.78, 5) is 17.9. The van der Waals surface area contributed by atoms with Gasteiger partial charge < -0.3 is 10.7 Å². The number of carbonyl (C=O) groups is 1. The zero-order valence-electron chi connectivity index (χ0n) is 9.60. The second-order valence-electron chi connectivity index (χ2n) is 4.01. The molecule has 1 aliphatic rings. The highest BCUT2D eigenvalue weighted by molar-refractivity contribution is 8.02. The summed E-state index contributed by atoms with van der Waals surface area (Å²) < 4.78 is 0. The molecule has 0 radical (unpaired) electrons. The number of benzene rings is 1. The summed E-state index contributed by atoms with van der Waals surface area (Å²) in [5.41, 5.74) is 7.12. The van der Waals surface area contributed by atoms with E-state index in [9.17, 15) is 4.79 Å². The van der Waals surface area contributed by atoms with Crippen LogP contribution in [0.1, 0.15) is 16.2 Å². The number of hydrogen-bond donors (Lipinski definition) is 2. The Kier molecular flexibility index (Phi) is 3.09. The van der Waals surface area contributed by atoms with E-state index in [2.05, 4.69) is 4.98 Å². The molecule has 0 saturated carbocycles. The van der Waals surface area contributed by atoms with Crippen LogP contribution in [-0.2, 0) is 6.42 Å². The number of rotatable bonds is 3. The molecule has 5 heteroatoms. The van der Waals surface area contributed by atoms with Crippen molar-refractivity contribution < 1.29 is 4.79 Å². The molecule has 1 aromatic carbocycles. The van der Waals surface area contributed by atoms with Crippen LogP contribution in [0.15, 0.2) is 45.0 Å². The summed E-state index contributed by atoms with van der Waals surface area (Å²) in [6.45, 7) is 0. The van der Waals surface area contributed by atoms with Crippen molar-refractivity contribution in [2.24, 2.45) is 5.73 Å². The average molecular weight is 276 g/mol. The number of aryl methyl sites for hydroxylation is 1. The number of nitrogens with two attached hydrogens (primary N) is 1. The Bertz CT molecular complexity index is 593. The second-order valence-corrected chi connectivity index (χ2v) is 6.20. The van der Waals surface area contributed by atoms with Gasteiger partial charge in [0.15, 0.2) is 0 Å². The van der Waals surface area contributed by atoms with Crippen LogP contribution in [0, 0.1) is 0 Å². The molecular formula is C13H12N2OS2. The Balaban J connectivity index is 2.02. The van der Waals surface area contributed by atoms with Crippen molar-refractivity contribution >= 4 is 29.4 Å². The predicted molar refractivity (Wildman–Crippen MR) is 74.3 cm³/mol. The highest BCUT2D eigenvalue weighted by atomic mass is 32.2. The maximum absolute atomic E-state index is 11.5. The number of aromatic nitrogens is 1. The van der Waals surface area contributed by atoms with Gasteiger partial charge in [-0.1, -0.05) is 30.0 Å². The number of nitrogens with one attached hydrogen (secondary N) is 1. The normalized spacial score (nSPS) is 13.6. The van der Waals surface area contributed by atoms with Gasteiger partial charge in [-0.05, 0) is 18.6 Å². The van der Waals surface area contributed by atoms with E-state index in [1.807, 2.05) is 30.3 Å². The fourth-order valence-corrected chi connectivity index (χ4v) is 4.35. The Labute approximate surface area is 114 Å². The molecule has 18 heavy (non-hydrogen) atoms. The van der Waals surface area contributed by atoms with Crippen LogP contribution in [-0.4, -0.2) is 16.6 Å². The van der Waals surface area contributed by atoms with E-state index in [1.165, 1.54) is 4.90 Å². The lowest BCUT2D eigenvalue weighted by molar-refractivity contribution is 0.0993. The van der Waals surface area contributed by atoms with Gasteiger partial charge in [0.2, 0.25) is 0 Å². The Hall–Kier alpha value is -1.33. The van der Waals surface area contributed by atoms with Crippen LogP contribution in [0.2, 0.25) is 0 Å². The number of aromatic amines is 1. The lowest BCUT2D eigenvalue weighted by Crippen LogP contribution is -2.12. The fourth-order valence-electron chi connectivity index (χ4n) is 1.98. The summed E-state index contributed by atoms with van der Waals surface area (Å²) in [6.07, 6.45) is 0.982. The summed E-state index contributed by atoms with van der Waals surface area (Å²) in [5, 5.41) is 0. The maximum atomic E-state index is 11.5. The lowest BCUT2D eigenvalue weighted by Gasteiger charge is -2.03. The van der Waals surface area contributed by atoms with Gasteiger partial charge in [-0.2, -0.15) is 0 Å². The maximum Gasteiger partial charge on any atom is 0.266 e. The Morgan fingerprint density at radius 2 is 2.11 bits per heavy atom. The molecule has 2 heterocycles. The van der Waals surface area contributed by atoms with Crippen molar-refractivity contribution in [2.45, 2.75) is 21.1 Å². The number of H-pyrrole nitrogens is 1. The number of thioether (sulfide) groups is 1. The van der Waals surface area contributed by atoms with Gasteiger partial charge in [0.1, 0.15) is 5.69 Å². The molecule has 0 fully saturated rings. The molecule has 3 N–H and O–H groups in total. The smallest absolute Gasteiger partial charge is 0.266 e. The summed E-state index contributed by atoms with van der Waals surface area (Å²) in [7, 11) is 0. The lowest BCUT2D eigenvalue weighted by atomic mass is 10.3. The number of hydrogen-bond acceptors (Lipinski definition) is 3. The van der Waals surface area contributed by atoms with Crippen LogP contribution in [0.3, 0.4) is 0 Å². The zero-order valence-corrected chi connectivity index (χ0v) is 11.2. The first-order valence-electron chi connectivity index (χ1n) is 5.66. The molecular weight excluding hydrogens is 264 g/mol. The molecule has 3 nitrogen and oxygen atoms in total. The third-order valence-electron chi connectivity index (χ3n) is 2.79. The van der Waals surface area contributed by atoms with Crippen LogP contribution >= 0.6 is 23.5 Å². The summed E-state index contributed by atoms with van der Waals surface area (Å²) in [5.74, 6) is 0.686. The van der Waals surface area contributed by atoms with Crippen molar-refractivity contribution in [3.63, 3.8) is 0 Å². The monoisotopic (exact) mass is 276 g/mol. The molecule has 1 aliphatic heterocycles. The van der Waals surface area contributed by atoms with E-state index < -0.39 is 0 Å². The third-order valence-corrected chi connectivity index (χ3v) is 5.19. The molecule has 0 spiro atoms. The van der Waals surface area contributed by atoms with Crippen molar-refractivity contribution in [1.29, 1.82) is 0 Å². The van der Waals surface area contributed by atoms with Crippen molar-refractivity contribution in [2.75, 3.05) is 5.75 Å². The van der Waals surface area contributed by atoms with Crippen molar-refractivity contribution in [1.82, 2.24) is 4.98 Å². The van der Waals surface area contributed by atoms with Gasteiger partial charge in [0, 0.05) is 21.2 Å². The van der Waals surface area contributed by atoms with E-state index in [0.717, 1.165) is 27.7 Å². The quantitative estimate of drug-likeness (QED) is 0.906. The zero-order chi connectivity index (χ0) is 12.5. The van der Waals surface area contributed by atoms with Crippen LogP contribution in [0.5, 0.6) is 0 Å². The van der Waals surface area contributed by atoms with Crippen LogP contribution < -0.4 is 5.73 Å². The molecule has 92 valence electrons. The van der Waals surface area contributed by atoms with Crippen molar-refractivity contribution in [3.8, 4) is 0 Å². The molecule has 0 atom stereocenters. The van der Waals surface area contributed by atoms with Crippen LogP contribution in [0.4, 0.5) is 0 Å². The Morgan fingerprint density at radius 1 is 1.33 bits per heavy atom. The van der Waals surface area contributed by atoms with Gasteiger partial charge in [0.05, 0.1) is 4.90 Å². The highest BCUT2D eigenvalue weighted by Gasteiger charge is 2.25. The van der Waals surface area contributed by atoms with E-state index in [1.54, 1.807) is 23.5 Å². The Morgan fingerprint density at radius 3 is 2.83 bits per heavy atom. The van der Waals surface area contributed by atoms with Gasteiger partial charge in [0.25, 0.3) is 5.91 Å². The van der Waals surface area contributed by atoms with Gasteiger partial charge in [-0.3, -0.25) is 4.79 Å². The number of primary amides is 1. The first-order chi connectivity index (χ1) is 8.75. The minimum Gasteiger partial charge on any atom is -0.364 e. The highest BCUT2D eigenvalue weighted by Crippen LogP contribution is 2.43. The molecule has 0 saturated heterocycles. The molecule has 3 rings (SSSR count). The first-order valence-corrected chi connectivity index (χ1v) is 7.46. The van der Waals surface area contributed by atoms with Gasteiger partial charge in [-0.25, -0.2) is 0 Å². The van der Waals surface area contributed by atoms with Crippen molar-refractivity contribution in [3.05, 3.63) is 41.7 Å². The standard InChI is InChI=1S/C13H12N2OS2/c14-13(16)10-12(11-9(15-10)6-7-17-11)18-8-4-2-1-3-5-8/h1-5,15H,6-7H2,(H2,14,16). The third kappa shape index (κ3) is 2.04. The molecule has 2 aromatic rings. The molecule has 0 unspecified atom stereocenters. The van der Waals surface area contributed by atoms with Gasteiger partial charge in [-0.15, -0.1) is 11.8 Å².